The van der Waals surface area contributed by atoms with E-state index in [9.17, 15) is 18.4 Å². The maximum Gasteiger partial charge on any atom is 0.254 e. The highest BCUT2D eigenvalue weighted by atomic mass is 35.5. The molecule has 0 radical (unpaired) electrons. The monoisotopic (exact) mass is 860 g/mol. The number of nitrogens with one attached hydrogen (secondary N) is 1. The Morgan fingerprint density at radius 2 is 1.08 bits per heavy atom. The molecule has 10 aromatic rings. The summed E-state index contributed by atoms with van der Waals surface area (Å²) in [6.07, 6.45) is 3.53. The lowest BCUT2D eigenvalue weighted by Crippen LogP contribution is -2.23. The number of primary amides is 1. The summed E-state index contributed by atoms with van der Waals surface area (Å²) in [5, 5.41) is 21.5. The Morgan fingerprint density at radius 3 is 1.54 bits per heavy atom. The molecule has 6 aromatic heterocycles. The average molecular weight is 861 g/mol. The lowest BCUT2D eigenvalue weighted by atomic mass is 10.1. The minimum absolute atomic E-state index is 0. The Labute approximate surface area is 363 Å². The SMILES string of the molecule is CCNC(=O)c1ccc(-c2ccc3nnn(Cc4ccc5ncccc5c4)c3n2)cc1F.Cl.NC(=O)c1ccc(-c2ccc3nnn(Cc4ccc5ncccc5c4)c3n2)cc1F. The fraction of sp³-hybridized carbons (Fsp3) is 0.0870. The van der Waals surface area contributed by atoms with Crippen LogP contribution in [0.4, 0.5) is 8.78 Å². The van der Waals surface area contributed by atoms with Crippen molar-refractivity contribution >= 4 is 68.4 Å². The van der Waals surface area contributed by atoms with Crippen LogP contribution in [-0.2, 0) is 13.1 Å². The second-order valence-corrected chi connectivity index (χ2v) is 14.2. The van der Waals surface area contributed by atoms with Crippen LogP contribution in [0.1, 0.15) is 38.8 Å². The molecule has 14 nitrogen and oxygen atoms in total. The largest absolute Gasteiger partial charge is 0.366 e. The van der Waals surface area contributed by atoms with Gasteiger partial charge in [0.2, 0.25) is 0 Å². The fourth-order valence-corrected chi connectivity index (χ4v) is 7.02. The number of fused-ring (bicyclic) bond motifs is 4. The van der Waals surface area contributed by atoms with Gasteiger partial charge in [-0.05, 0) is 103 Å². The number of rotatable bonds is 9. The van der Waals surface area contributed by atoms with Gasteiger partial charge >= 0.3 is 0 Å². The van der Waals surface area contributed by atoms with Crippen molar-refractivity contribution in [2.24, 2.45) is 5.73 Å². The molecular formula is C46H35ClF2N12O2. The van der Waals surface area contributed by atoms with E-state index in [0.717, 1.165) is 32.9 Å². The third kappa shape index (κ3) is 8.73. The van der Waals surface area contributed by atoms with Crippen molar-refractivity contribution in [2.45, 2.75) is 20.0 Å². The molecular weight excluding hydrogens is 826 g/mol. The van der Waals surface area contributed by atoms with E-state index in [1.165, 1.54) is 24.3 Å². The molecule has 312 valence electrons. The maximum absolute atomic E-state index is 14.5. The molecule has 0 bridgehead atoms. The molecule has 10 rings (SSSR count). The van der Waals surface area contributed by atoms with Gasteiger partial charge in [-0.1, -0.05) is 46.8 Å². The van der Waals surface area contributed by atoms with Gasteiger partial charge in [-0.15, -0.1) is 22.6 Å². The van der Waals surface area contributed by atoms with Gasteiger partial charge in [0.15, 0.2) is 11.3 Å². The lowest BCUT2D eigenvalue weighted by molar-refractivity contribution is 0.0950. The van der Waals surface area contributed by atoms with E-state index in [1.807, 2.05) is 48.5 Å². The van der Waals surface area contributed by atoms with Crippen molar-refractivity contribution in [3.63, 3.8) is 0 Å². The van der Waals surface area contributed by atoms with Gasteiger partial charge in [-0.3, -0.25) is 19.6 Å². The minimum atomic E-state index is -0.810. The number of hydrogen-bond acceptors (Lipinski definition) is 10. The van der Waals surface area contributed by atoms with E-state index < -0.39 is 23.4 Å². The number of carbonyl (C=O) groups is 2. The molecule has 0 unspecified atom stereocenters. The average Bonchev–Trinajstić information content (AvgIpc) is 3.89. The van der Waals surface area contributed by atoms with E-state index in [-0.39, 0.29) is 23.5 Å². The minimum Gasteiger partial charge on any atom is -0.366 e. The van der Waals surface area contributed by atoms with Crippen LogP contribution >= 0.6 is 12.4 Å². The highest BCUT2D eigenvalue weighted by molar-refractivity contribution is 5.95. The van der Waals surface area contributed by atoms with E-state index >= 15 is 0 Å². The van der Waals surface area contributed by atoms with Crippen LogP contribution in [0.25, 0.3) is 66.6 Å². The van der Waals surface area contributed by atoms with Crippen LogP contribution in [0.2, 0.25) is 0 Å². The third-order valence-electron chi connectivity index (χ3n) is 10.1. The first-order valence-electron chi connectivity index (χ1n) is 19.5. The van der Waals surface area contributed by atoms with E-state index in [1.54, 1.807) is 65.1 Å². The Kier molecular flexibility index (Phi) is 11.8. The molecule has 0 fully saturated rings. The quantitative estimate of drug-likeness (QED) is 0.146. The summed E-state index contributed by atoms with van der Waals surface area (Å²) < 4.78 is 32.1. The topological polar surface area (TPSA) is 185 Å². The molecule has 17 heteroatoms. The van der Waals surface area contributed by atoms with Crippen molar-refractivity contribution in [3.8, 4) is 22.5 Å². The number of halogens is 3. The number of benzene rings is 4. The number of nitrogens with two attached hydrogens (primary N) is 1. The number of aromatic nitrogens is 10. The summed E-state index contributed by atoms with van der Waals surface area (Å²) in [5.74, 6) is -2.52. The first-order chi connectivity index (χ1) is 30.2. The Bertz CT molecular complexity index is 3340. The summed E-state index contributed by atoms with van der Waals surface area (Å²) in [6.45, 7) is 3.19. The summed E-state index contributed by atoms with van der Waals surface area (Å²) in [5.41, 5.74) is 13.6. The molecule has 0 aliphatic heterocycles. The molecule has 6 heterocycles. The molecule has 4 aromatic carbocycles. The smallest absolute Gasteiger partial charge is 0.254 e. The van der Waals surface area contributed by atoms with Crippen LogP contribution in [0, 0.1) is 11.6 Å². The van der Waals surface area contributed by atoms with Crippen LogP contribution in [0.3, 0.4) is 0 Å². The summed E-state index contributed by atoms with van der Waals surface area (Å²) in [6, 6.07) is 35.7. The van der Waals surface area contributed by atoms with Crippen LogP contribution < -0.4 is 11.1 Å². The Balaban J connectivity index is 0.000000170. The molecule has 3 N–H and O–H groups in total. The highest BCUT2D eigenvalue weighted by Gasteiger charge is 2.16. The van der Waals surface area contributed by atoms with Gasteiger partial charge in [0.05, 0.1) is 46.6 Å². The lowest BCUT2D eigenvalue weighted by Gasteiger charge is -2.07. The molecule has 0 spiro atoms. The molecule has 0 saturated carbocycles. The summed E-state index contributed by atoms with van der Waals surface area (Å²) in [7, 11) is 0. The Hall–Kier alpha value is -8.11. The highest BCUT2D eigenvalue weighted by Crippen LogP contribution is 2.25. The predicted molar refractivity (Wildman–Crippen MR) is 237 cm³/mol. The van der Waals surface area contributed by atoms with Crippen molar-refractivity contribution in [3.05, 3.63) is 168 Å². The van der Waals surface area contributed by atoms with Crippen LogP contribution in [0.5, 0.6) is 0 Å². The molecule has 63 heavy (non-hydrogen) atoms. The first-order valence-corrected chi connectivity index (χ1v) is 19.5. The predicted octanol–water partition coefficient (Wildman–Crippen LogP) is 7.73. The van der Waals surface area contributed by atoms with Crippen molar-refractivity contribution < 1.29 is 18.4 Å². The normalized spacial score (nSPS) is 11.0. The van der Waals surface area contributed by atoms with E-state index in [4.69, 9.17) is 5.73 Å². The standard InChI is InChI=1S/C24H19FN6O.C22H15FN6O.ClH/c1-2-26-24(32)18-7-6-17(13-19(18)25)21-9-10-22-23(28-21)31(30-29-22)14-15-5-8-20-16(12-15)4-3-11-27-20;23-17-11-15(4-5-16(17)21(24)30)19-7-8-20-22(26-19)29(28-27-20)12-13-3-6-18-14(10-13)2-1-9-25-18;/h3-13H,2,14H2,1H3,(H,26,32);1-11H,12H2,(H2,24,30);1H. The summed E-state index contributed by atoms with van der Waals surface area (Å²) >= 11 is 0. The number of pyridine rings is 4. The molecule has 2 amide bonds. The zero-order valence-corrected chi connectivity index (χ0v) is 34.2. The van der Waals surface area contributed by atoms with Crippen molar-refractivity contribution in [1.82, 2.24) is 55.2 Å². The second kappa shape index (κ2) is 17.9. The van der Waals surface area contributed by atoms with Gasteiger partial charge in [-0.25, -0.2) is 28.1 Å². The zero-order chi connectivity index (χ0) is 42.7. The van der Waals surface area contributed by atoms with Crippen LogP contribution in [0.15, 0.2) is 134 Å². The number of hydrogen-bond donors (Lipinski definition) is 2. The van der Waals surface area contributed by atoms with Gasteiger partial charge in [0, 0.05) is 40.8 Å². The van der Waals surface area contributed by atoms with E-state index in [0.29, 0.717) is 64.5 Å². The number of amides is 2. The summed E-state index contributed by atoms with van der Waals surface area (Å²) in [4.78, 5) is 41.2. The fourth-order valence-electron chi connectivity index (χ4n) is 7.02. The van der Waals surface area contributed by atoms with Gasteiger partial charge < -0.3 is 11.1 Å². The van der Waals surface area contributed by atoms with Gasteiger partial charge in [0.1, 0.15) is 22.7 Å². The van der Waals surface area contributed by atoms with Gasteiger partial charge in [0.25, 0.3) is 11.8 Å². The molecule has 0 aliphatic carbocycles. The van der Waals surface area contributed by atoms with Crippen molar-refractivity contribution in [1.29, 1.82) is 0 Å². The second-order valence-electron chi connectivity index (χ2n) is 14.2. The van der Waals surface area contributed by atoms with Crippen molar-refractivity contribution in [2.75, 3.05) is 6.54 Å². The zero-order valence-electron chi connectivity index (χ0n) is 33.4. The van der Waals surface area contributed by atoms with E-state index in [2.05, 4.69) is 58.0 Å². The molecule has 0 aliphatic rings. The maximum atomic E-state index is 14.5. The Morgan fingerprint density at radius 1 is 0.603 bits per heavy atom. The first kappa shape index (κ1) is 41.6. The number of nitrogens with zero attached hydrogens (tertiary/aromatic N) is 10. The number of carbonyl (C=O) groups excluding carboxylic acids is 2. The van der Waals surface area contributed by atoms with Crippen LogP contribution in [-0.4, -0.2) is 68.3 Å². The molecule has 0 atom stereocenters. The third-order valence-corrected chi connectivity index (χ3v) is 10.1. The molecule has 0 saturated heterocycles. The van der Waals surface area contributed by atoms with Gasteiger partial charge in [-0.2, -0.15) is 0 Å².